The minimum atomic E-state index is -3.68. The Morgan fingerprint density at radius 2 is 1.88 bits per heavy atom. The number of ether oxygens (including phenoxy) is 2. The second-order valence-corrected chi connectivity index (χ2v) is 11.0. The van der Waals surface area contributed by atoms with Crippen LogP contribution in [-0.2, 0) is 25.0 Å². The normalized spacial score (nSPS) is 15.8. The van der Waals surface area contributed by atoms with Crippen molar-refractivity contribution in [1.82, 2.24) is 5.32 Å². The molecule has 2 aromatic rings. The molecule has 0 radical (unpaired) electrons. The molecule has 9 nitrogen and oxygen atoms in total. The van der Waals surface area contributed by atoms with Crippen LogP contribution < -0.4 is 19.7 Å². The van der Waals surface area contributed by atoms with Crippen molar-refractivity contribution >= 4 is 33.2 Å². The number of carbonyl (C=O) groups excluding carboxylic acids is 2. The molecule has 1 atom stereocenters. The molecule has 0 saturated heterocycles. The average Bonchev–Trinajstić information content (AvgIpc) is 2.77. The van der Waals surface area contributed by atoms with Crippen LogP contribution in [0.3, 0.4) is 0 Å². The summed E-state index contributed by atoms with van der Waals surface area (Å²) < 4.78 is 37.2. The van der Waals surface area contributed by atoms with Gasteiger partial charge in [0.25, 0.3) is 11.8 Å². The molecule has 0 saturated carbocycles. The molecule has 0 aliphatic carbocycles. The lowest BCUT2D eigenvalue weighted by molar-refractivity contribution is -0.122. The van der Waals surface area contributed by atoms with Crippen molar-refractivity contribution < 1.29 is 27.5 Å². The van der Waals surface area contributed by atoms with Gasteiger partial charge in [0.15, 0.2) is 6.10 Å². The van der Waals surface area contributed by atoms with Crippen LogP contribution in [0.1, 0.15) is 36.7 Å². The van der Waals surface area contributed by atoms with Gasteiger partial charge >= 0.3 is 0 Å². The van der Waals surface area contributed by atoms with E-state index in [1.54, 1.807) is 36.4 Å². The van der Waals surface area contributed by atoms with E-state index in [4.69, 9.17) is 9.47 Å². The third-order valence-electron chi connectivity index (χ3n) is 5.41. The minimum Gasteiger partial charge on any atom is -0.476 e. The Hall–Kier alpha value is -3.11. The maximum absolute atomic E-state index is 13.1. The third kappa shape index (κ3) is 5.87. The number of hydrogen-bond donors (Lipinski definition) is 2. The van der Waals surface area contributed by atoms with Gasteiger partial charge in [0.2, 0.25) is 10.0 Å². The van der Waals surface area contributed by atoms with Gasteiger partial charge < -0.3 is 20.1 Å². The molecule has 0 bridgehead atoms. The number of methoxy groups -OCH3 is 1. The maximum atomic E-state index is 13.1. The molecule has 34 heavy (non-hydrogen) atoms. The van der Waals surface area contributed by atoms with E-state index < -0.39 is 22.0 Å². The number of carbonyl (C=O) groups is 2. The SMILES string of the molecule is COCCNC(=O)c1ccccc1NC(=O)C1CN(S(C)(=O)=O)c2cc(C(C)(C)C)ccc2O1. The van der Waals surface area contributed by atoms with Crippen LogP contribution in [0.4, 0.5) is 11.4 Å². The van der Waals surface area contributed by atoms with E-state index >= 15 is 0 Å². The molecule has 0 aromatic heterocycles. The van der Waals surface area contributed by atoms with Crippen molar-refractivity contribution in [3.05, 3.63) is 53.6 Å². The van der Waals surface area contributed by atoms with Crippen molar-refractivity contribution in [1.29, 1.82) is 0 Å². The summed E-state index contributed by atoms with van der Waals surface area (Å²) in [6.45, 7) is 6.58. The Bertz CT molecular complexity index is 1170. The summed E-state index contributed by atoms with van der Waals surface area (Å²) in [5.41, 5.74) is 1.72. The van der Waals surface area contributed by atoms with E-state index in [9.17, 15) is 18.0 Å². The molecule has 3 rings (SSSR count). The van der Waals surface area contributed by atoms with Crippen molar-refractivity contribution in [2.45, 2.75) is 32.3 Å². The molecule has 0 fully saturated rings. The number of hydrogen-bond acceptors (Lipinski definition) is 6. The predicted molar refractivity (Wildman–Crippen MR) is 131 cm³/mol. The minimum absolute atomic E-state index is 0.187. The molecule has 2 aromatic carbocycles. The first kappa shape index (κ1) is 25.5. The fraction of sp³-hybridized carbons (Fsp3) is 0.417. The largest absolute Gasteiger partial charge is 0.476 e. The number of para-hydroxylation sites is 1. The summed E-state index contributed by atoms with van der Waals surface area (Å²) in [6.07, 6.45) is -0.00663. The Morgan fingerprint density at radius 1 is 1.18 bits per heavy atom. The van der Waals surface area contributed by atoms with Crippen molar-refractivity contribution in [2.24, 2.45) is 0 Å². The number of anilines is 2. The highest BCUT2D eigenvalue weighted by Gasteiger charge is 2.36. The first-order valence-corrected chi connectivity index (χ1v) is 12.7. The molecule has 1 aliphatic rings. The Morgan fingerprint density at radius 3 is 2.53 bits per heavy atom. The Labute approximate surface area is 200 Å². The van der Waals surface area contributed by atoms with Gasteiger partial charge in [-0.15, -0.1) is 0 Å². The lowest BCUT2D eigenvalue weighted by atomic mass is 9.86. The van der Waals surface area contributed by atoms with Gasteiger partial charge in [-0.05, 0) is 35.2 Å². The molecule has 2 N–H and O–H groups in total. The number of benzene rings is 2. The smallest absolute Gasteiger partial charge is 0.267 e. The summed E-state index contributed by atoms with van der Waals surface area (Å²) in [5, 5.41) is 5.43. The van der Waals surface area contributed by atoms with Crippen LogP contribution in [0.25, 0.3) is 0 Å². The van der Waals surface area contributed by atoms with E-state index in [1.807, 2.05) is 26.8 Å². The summed E-state index contributed by atoms with van der Waals surface area (Å²) in [5.74, 6) is -0.623. The van der Waals surface area contributed by atoms with Gasteiger partial charge in [0.1, 0.15) is 5.75 Å². The summed E-state index contributed by atoms with van der Waals surface area (Å²) in [6, 6.07) is 11.9. The quantitative estimate of drug-likeness (QED) is 0.578. The van der Waals surface area contributed by atoms with Gasteiger partial charge in [-0.2, -0.15) is 0 Å². The Kier molecular flexibility index (Phi) is 7.52. The molecular formula is C24H31N3O6S. The summed E-state index contributed by atoms with van der Waals surface area (Å²) in [7, 11) is -2.14. The van der Waals surface area contributed by atoms with E-state index in [2.05, 4.69) is 10.6 Å². The first-order valence-electron chi connectivity index (χ1n) is 10.9. The molecule has 0 spiro atoms. The maximum Gasteiger partial charge on any atom is 0.267 e. The van der Waals surface area contributed by atoms with Crippen LogP contribution in [0.5, 0.6) is 5.75 Å². The molecule has 1 aliphatic heterocycles. The Balaban J connectivity index is 1.86. The van der Waals surface area contributed by atoms with Gasteiger partial charge in [-0.25, -0.2) is 8.42 Å². The van der Waals surface area contributed by atoms with Gasteiger partial charge in [0, 0.05) is 13.7 Å². The van der Waals surface area contributed by atoms with E-state index in [0.717, 1.165) is 11.8 Å². The topological polar surface area (TPSA) is 114 Å². The van der Waals surface area contributed by atoms with Crippen LogP contribution in [0, 0.1) is 0 Å². The monoisotopic (exact) mass is 489 g/mol. The van der Waals surface area contributed by atoms with E-state index in [0.29, 0.717) is 30.3 Å². The van der Waals surface area contributed by atoms with Crippen LogP contribution in [0.15, 0.2) is 42.5 Å². The van der Waals surface area contributed by atoms with E-state index in [-0.39, 0.29) is 23.4 Å². The number of nitrogens with zero attached hydrogens (tertiary/aromatic N) is 1. The highest BCUT2D eigenvalue weighted by atomic mass is 32.2. The van der Waals surface area contributed by atoms with E-state index in [1.165, 1.54) is 11.4 Å². The fourth-order valence-electron chi connectivity index (χ4n) is 3.53. The van der Waals surface area contributed by atoms with Gasteiger partial charge in [-0.1, -0.05) is 39.0 Å². The number of amides is 2. The van der Waals surface area contributed by atoms with Gasteiger partial charge in [-0.3, -0.25) is 13.9 Å². The van der Waals surface area contributed by atoms with Gasteiger partial charge in [0.05, 0.1) is 36.3 Å². The number of sulfonamides is 1. The molecule has 2 amide bonds. The predicted octanol–water partition coefficient (Wildman–Crippen LogP) is 2.53. The highest BCUT2D eigenvalue weighted by Crippen LogP contribution is 2.38. The zero-order valence-electron chi connectivity index (χ0n) is 20.0. The second-order valence-electron chi connectivity index (χ2n) is 9.12. The summed E-state index contributed by atoms with van der Waals surface area (Å²) in [4.78, 5) is 25.6. The number of fused-ring (bicyclic) bond motifs is 1. The fourth-order valence-corrected chi connectivity index (χ4v) is 4.44. The second kappa shape index (κ2) is 10.0. The molecule has 1 unspecified atom stereocenters. The zero-order chi connectivity index (χ0) is 25.1. The molecular weight excluding hydrogens is 458 g/mol. The van der Waals surface area contributed by atoms with Crippen LogP contribution in [0.2, 0.25) is 0 Å². The van der Waals surface area contributed by atoms with Crippen molar-refractivity contribution in [3.63, 3.8) is 0 Å². The zero-order valence-corrected chi connectivity index (χ0v) is 20.9. The molecule has 10 heteroatoms. The number of rotatable bonds is 7. The number of nitrogens with one attached hydrogen (secondary N) is 2. The highest BCUT2D eigenvalue weighted by molar-refractivity contribution is 7.92. The lowest BCUT2D eigenvalue weighted by Crippen LogP contribution is -2.48. The van der Waals surface area contributed by atoms with Crippen LogP contribution in [-0.4, -0.2) is 59.4 Å². The molecule has 1 heterocycles. The molecule has 184 valence electrons. The third-order valence-corrected chi connectivity index (χ3v) is 6.56. The van der Waals surface area contributed by atoms with Crippen molar-refractivity contribution in [3.8, 4) is 5.75 Å². The summed E-state index contributed by atoms with van der Waals surface area (Å²) >= 11 is 0. The van der Waals surface area contributed by atoms with Crippen LogP contribution >= 0.6 is 0 Å². The average molecular weight is 490 g/mol. The van der Waals surface area contributed by atoms with Crippen molar-refractivity contribution in [2.75, 3.05) is 42.7 Å². The standard InChI is InChI=1S/C24H31N3O6S/c1-24(2,3)16-10-11-20-19(14-16)27(34(5,30)31)15-21(33-20)23(29)26-18-9-7-6-8-17(18)22(28)25-12-13-32-4/h6-11,14,21H,12-13,15H2,1-5H3,(H,25,28)(H,26,29). The first-order chi connectivity index (χ1) is 15.9. The lowest BCUT2D eigenvalue weighted by Gasteiger charge is -2.35.